The van der Waals surface area contributed by atoms with Gasteiger partial charge in [-0.3, -0.25) is 4.79 Å². The van der Waals surface area contributed by atoms with Crippen LogP contribution in [-0.4, -0.2) is 19.5 Å². The first-order valence-electron chi connectivity index (χ1n) is 5.87. The third-order valence-corrected chi connectivity index (χ3v) is 3.79. The van der Waals surface area contributed by atoms with E-state index in [-0.39, 0.29) is 5.78 Å². The van der Waals surface area contributed by atoms with Gasteiger partial charge in [-0.05, 0) is 35.7 Å². The summed E-state index contributed by atoms with van der Waals surface area (Å²) in [5.74, 6) is 1.29. The summed E-state index contributed by atoms with van der Waals surface area (Å²) in [6.07, 6.45) is 1.88. The van der Waals surface area contributed by atoms with Crippen molar-refractivity contribution in [2.45, 2.75) is 0 Å². The van der Waals surface area contributed by atoms with Crippen LogP contribution in [0.2, 0.25) is 0 Å². The zero-order valence-corrected chi connectivity index (χ0v) is 11.2. The van der Waals surface area contributed by atoms with Crippen molar-refractivity contribution >= 4 is 23.2 Å². The number of Topliss-reactive ketones (excluding diaryl/α,β-unsaturated/α-hetero) is 1. The number of methoxy groups -OCH3 is 1. The summed E-state index contributed by atoms with van der Waals surface area (Å²) in [4.78, 5) is 13.5. The van der Waals surface area contributed by atoms with Gasteiger partial charge in [0.25, 0.3) is 0 Å². The quantitative estimate of drug-likeness (QED) is 0.786. The van der Waals surface area contributed by atoms with Gasteiger partial charge in [-0.25, -0.2) is 0 Å². The summed E-state index contributed by atoms with van der Waals surface area (Å²) in [5.41, 5.74) is 1.23. The summed E-state index contributed by atoms with van der Waals surface area (Å²) >= 11 is 1.60. The first kappa shape index (κ1) is 12.0. The van der Waals surface area contributed by atoms with Crippen LogP contribution in [0.5, 0.6) is 11.5 Å². The van der Waals surface area contributed by atoms with Crippen LogP contribution < -0.4 is 9.47 Å². The zero-order chi connectivity index (χ0) is 13.2. The molecule has 4 heteroatoms. The third kappa shape index (κ3) is 2.27. The molecule has 0 amide bonds. The Hall–Kier alpha value is -2.07. The molecule has 0 N–H and O–H groups in total. The second-order valence-electron chi connectivity index (χ2n) is 4.16. The van der Waals surface area contributed by atoms with Crippen molar-refractivity contribution in [2.75, 3.05) is 13.7 Å². The van der Waals surface area contributed by atoms with Gasteiger partial charge >= 0.3 is 0 Å². The molecular weight excluding hydrogens is 260 g/mol. The van der Waals surface area contributed by atoms with E-state index in [4.69, 9.17) is 9.47 Å². The topological polar surface area (TPSA) is 35.5 Å². The van der Waals surface area contributed by atoms with Crippen LogP contribution in [0.4, 0.5) is 0 Å². The lowest BCUT2D eigenvalue weighted by Crippen LogP contribution is -2.18. The van der Waals surface area contributed by atoms with Gasteiger partial charge in [0.15, 0.2) is 5.78 Å². The molecule has 1 aromatic carbocycles. The molecule has 96 valence electrons. The predicted octanol–water partition coefficient (Wildman–Crippen LogP) is 3.42. The van der Waals surface area contributed by atoms with Crippen LogP contribution >= 0.6 is 11.3 Å². The molecule has 2 heterocycles. The number of hydrogen-bond acceptors (Lipinski definition) is 4. The van der Waals surface area contributed by atoms with Gasteiger partial charge in [-0.1, -0.05) is 6.07 Å². The highest BCUT2D eigenvalue weighted by atomic mass is 32.1. The first-order chi connectivity index (χ1) is 9.28. The summed E-state index contributed by atoms with van der Waals surface area (Å²) < 4.78 is 10.8. The smallest absolute Gasteiger partial charge is 0.196 e. The van der Waals surface area contributed by atoms with E-state index in [1.165, 1.54) is 0 Å². The molecule has 1 aliphatic rings. The molecule has 0 aliphatic carbocycles. The second kappa shape index (κ2) is 4.90. The molecule has 1 aromatic heterocycles. The molecule has 0 unspecified atom stereocenters. The number of ketones is 1. The lowest BCUT2D eigenvalue weighted by Gasteiger charge is -2.19. The molecule has 19 heavy (non-hydrogen) atoms. The highest BCUT2D eigenvalue weighted by molar-refractivity contribution is 7.10. The fraction of sp³-hybridized carbons (Fsp3) is 0.133. The third-order valence-electron chi connectivity index (χ3n) is 2.97. The molecule has 1 aliphatic heterocycles. The highest BCUT2D eigenvalue weighted by Crippen LogP contribution is 2.31. The summed E-state index contributed by atoms with van der Waals surface area (Å²) in [6, 6.07) is 9.22. The zero-order valence-electron chi connectivity index (χ0n) is 10.4. The SMILES string of the molecule is COc1ccc2c(c1)C(=O)/C(=C\c1cccs1)CO2. The van der Waals surface area contributed by atoms with Crippen LogP contribution in [0.1, 0.15) is 15.2 Å². The van der Waals surface area contributed by atoms with E-state index in [9.17, 15) is 4.79 Å². The lowest BCUT2D eigenvalue weighted by atomic mass is 9.99. The average Bonchev–Trinajstić information content (AvgIpc) is 2.95. The first-order valence-corrected chi connectivity index (χ1v) is 6.75. The Labute approximate surface area is 115 Å². The summed E-state index contributed by atoms with van der Waals surface area (Å²) in [7, 11) is 1.58. The second-order valence-corrected chi connectivity index (χ2v) is 5.14. The number of fused-ring (bicyclic) bond motifs is 1. The maximum Gasteiger partial charge on any atom is 0.196 e. The Bertz CT molecular complexity index is 641. The monoisotopic (exact) mass is 272 g/mol. The fourth-order valence-electron chi connectivity index (χ4n) is 1.99. The summed E-state index contributed by atoms with van der Waals surface area (Å²) in [5, 5.41) is 1.98. The Morgan fingerprint density at radius 3 is 3.00 bits per heavy atom. The van der Waals surface area contributed by atoms with E-state index in [0.717, 1.165) is 4.88 Å². The average molecular weight is 272 g/mol. The van der Waals surface area contributed by atoms with Gasteiger partial charge in [-0.15, -0.1) is 11.3 Å². The standard InChI is InChI=1S/C15H12O3S/c1-17-11-4-5-14-13(8-11)15(16)10(9-18-14)7-12-3-2-6-19-12/h2-8H,9H2,1H3/b10-7-. The molecule has 0 fully saturated rings. The normalized spacial score (nSPS) is 16.1. The molecule has 0 saturated carbocycles. The van der Waals surface area contributed by atoms with Crippen molar-refractivity contribution in [1.29, 1.82) is 0 Å². The maximum absolute atomic E-state index is 12.4. The van der Waals surface area contributed by atoms with E-state index in [0.29, 0.717) is 29.2 Å². The van der Waals surface area contributed by atoms with Crippen LogP contribution in [0.3, 0.4) is 0 Å². The molecule has 3 rings (SSSR count). The lowest BCUT2D eigenvalue weighted by molar-refractivity contribution is 0.100. The molecule has 0 radical (unpaired) electrons. The van der Waals surface area contributed by atoms with E-state index < -0.39 is 0 Å². The minimum absolute atomic E-state index is 0.00792. The number of carbonyl (C=O) groups is 1. The number of thiophene rings is 1. The van der Waals surface area contributed by atoms with Crippen molar-refractivity contribution in [1.82, 2.24) is 0 Å². The molecule has 0 saturated heterocycles. The Morgan fingerprint density at radius 2 is 2.26 bits per heavy atom. The van der Waals surface area contributed by atoms with E-state index in [2.05, 4.69) is 0 Å². The van der Waals surface area contributed by atoms with Crippen LogP contribution in [0.25, 0.3) is 6.08 Å². The molecule has 3 nitrogen and oxygen atoms in total. The number of hydrogen-bond donors (Lipinski definition) is 0. The van der Waals surface area contributed by atoms with E-state index in [1.54, 1.807) is 36.6 Å². The molecule has 0 bridgehead atoms. The number of carbonyl (C=O) groups excluding carboxylic acids is 1. The fourth-order valence-corrected chi connectivity index (χ4v) is 2.67. The molecule has 2 aromatic rings. The van der Waals surface area contributed by atoms with Crippen LogP contribution in [-0.2, 0) is 0 Å². The van der Waals surface area contributed by atoms with Crippen molar-refractivity contribution in [3.8, 4) is 11.5 Å². The predicted molar refractivity (Wildman–Crippen MR) is 75.1 cm³/mol. The van der Waals surface area contributed by atoms with Crippen molar-refractivity contribution in [3.63, 3.8) is 0 Å². The van der Waals surface area contributed by atoms with Gasteiger partial charge in [0, 0.05) is 10.5 Å². The molecular formula is C15H12O3S. The Kier molecular flexibility index (Phi) is 3.09. The largest absolute Gasteiger partial charge is 0.497 e. The highest BCUT2D eigenvalue weighted by Gasteiger charge is 2.23. The van der Waals surface area contributed by atoms with Gasteiger partial charge < -0.3 is 9.47 Å². The minimum atomic E-state index is 0.00792. The van der Waals surface area contributed by atoms with Crippen LogP contribution in [0, 0.1) is 0 Å². The molecule has 0 spiro atoms. The maximum atomic E-state index is 12.4. The van der Waals surface area contributed by atoms with Crippen molar-refractivity contribution in [3.05, 3.63) is 51.7 Å². The van der Waals surface area contributed by atoms with Crippen molar-refractivity contribution in [2.24, 2.45) is 0 Å². The number of ether oxygens (including phenoxy) is 2. The van der Waals surface area contributed by atoms with Gasteiger partial charge in [0.2, 0.25) is 0 Å². The van der Waals surface area contributed by atoms with Gasteiger partial charge in [-0.2, -0.15) is 0 Å². The van der Waals surface area contributed by atoms with Crippen molar-refractivity contribution < 1.29 is 14.3 Å². The van der Waals surface area contributed by atoms with Gasteiger partial charge in [0.1, 0.15) is 18.1 Å². The number of rotatable bonds is 2. The summed E-state index contributed by atoms with van der Waals surface area (Å²) in [6.45, 7) is 0.316. The Morgan fingerprint density at radius 1 is 1.37 bits per heavy atom. The Balaban J connectivity index is 1.99. The van der Waals surface area contributed by atoms with E-state index in [1.807, 2.05) is 23.6 Å². The number of benzene rings is 1. The van der Waals surface area contributed by atoms with Gasteiger partial charge in [0.05, 0.1) is 12.7 Å². The molecule has 0 atom stereocenters. The minimum Gasteiger partial charge on any atom is -0.497 e. The van der Waals surface area contributed by atoms with Crippen LogP contribution in [0.15, 0.2) is 41.3 Å². The van der Waals surface area contributed by atoms with E-state index >= 15 is 0 Å².